The summed E-state index contributed by atoms with van der Waals surface area (Å²) in [5.41, 5.74) is 0. The average molecular weight is 835 g/mol. The number of esters is 3. The van der Waals surface area contributed by atoms with Gasteiger partial charge < -0.3 is 14.2 Å². The Morgan fingerprint density at radius 2 is 0.644 bits per heavy atom. The van der Waals surface area contributed by atoms with Gasteiger partial charge in [-0.2, -0.15) is 0 Å². The quantitative estimate of drug-likeness (QED) is 0.0345. The topological polar surface area (TPSA) is 78.9 Å². The van der Waals surface area contributed by atoms with Crippen LogP contribution in [0.2, 0.25) is 0 Å². The minimum Gasteiger partial charge on any atom is -0.462 e. The molecule has 59 heavy (non-hydrogen) atoms. The van der Waals surface area contributed by atoms with Crippen LogP contribution in [0.3, 0.4) is 0 Å². The molecule has 0 bridgehead atoms. The lowest BCUT2D eigenvalue weighted by Crippen LogP contribution is -2.30. The second-order valence-corrected chi connectivity index (χ2v) is 18.9. The standard InChI is InChI=1S/C53H102O6/c1-6-8-9-10-11-12-13-17-25-30-35-40-45-53(56)59-50(47-58-52(55)44-39-34-29-24-20-19-22-27-32-37-42-49(5)7-2)46-57-51(54)43-38-33-28-23-18-15-14-16-21-26-31-36-41-48(3)4/h48-50H,6-47H2,1-5H3/t49?,50-/m0/s1. The molecule has 350 valence electrons. The fraction of sp³-hybridized carbons (Fsp3) is 0.943. The van der Waals surface area contributed by atoms with Gasteiger partial charge in [-0.25, -0.2) is 0 Å². The summed E-state index contributed by atoms with van der Waals surface area (Å²) in [5.74, 6) is 0.856. The van der Waals surface area contributed by atoms with E-state index in [1.165, 1.54) is 180 Å². The first-order chi connectivity index (χ1) is 28.8. The lowest BCUT2D eigenvalue weighted by Gasteiger charge is -2.18. The Morgan fingerprint density at radius 1 is 0.356 bits per heavy atom. The molecule has 0 aromatic heterocycles. The second kappa shape index (κ2) is 45.9. The number of ether oxygens (including phenoxy) is 3. The number of rotatable bonds is 47. The number of carbonyl (C=O) groups excluding carboxylic acids is 3. The predicted octanol–water partition coefficient (Wildman–Crippen LogP) is 16.9. The van der Waals surface area contributed by atoms with E-state index in [9.17, 15) is 14.4 Å². The van der Waals surface area contributed by atoms with E-state index in [0.717, 1.165) is 69.6 Å². The Labute approximate surface area is 368 Å². The van der Waals surface area contributed by atoms with E-state index in [4.69, 9.17) is 14.2 Å². The van der Waals surface area contributed by atoms with E-state index in [1.54, 1.807) is 0 Å². The monoisotopic (exact) mass is 835 g/mol. The van der Waals surface area contributed by atoms with Gasteiger partial charge in [-0.15, -0.1) is 0 Å². The van der Waals surface area contributed by atoms with Gasteiger partial charge in [-0.1, -0.05) is 253 Å². The van der Waals surface area contributed by atoms with Crippen molar-refractivity contribution in [3.63, 3.8) is 0 Å². The van der Waals surface area contributed by atoms with Crippen molar-refractivity contribution < 1.29 is 28.6 Å². The van der Waals surface area contributed by atoms with Crippen LogP contribution in [0.5, 0.6) is 0 Å². The van der Waals surface area contributed by atoms with Gasteiger partial charge >= 0.3 is 17.9 Å². The van der Waals surface area contributed by atoms with Crippen LogP contribution in [0.1, 0.15) is 291 Å². The summed E-state index contributed by atoms with van der Waals surface area (Å²) in [6.07, 6.45) is 46.5. The summed E-state index contributed by atoms with van der Waals surface area (Å²) in [6, 6.07) is 0. The third-order valence-electron chi connectivity index (χ3n) is 12.3. The molecule has 0 amide bonds. The maximum Gasteiger partial charge on any atom is 0.306 e. The number of carbonyl (C=O) groups is 3. The van der Waals surface area contributed by atoms with Gasteiger partial charge in [0.1, 0.15) is 13.2 Å². The summed E-state index contributed by atoms with van der Waals surface area (Å²) in [6.45, 7) is 11.4. The van der Waals surface area contributed by atoms with Gasteiger partial charge in [0.25, 0.3) is 0 Å². The first-order valence-electron chi connectivity index (χ1n) is 26.3. The fourth-order valence-corrected chi connectivity index (χ4v) is 7.96. The van der Waals surface area contributed by atoms with E-state index in [0.29, 0.717) is 19.3 Å². The maximum absolute atomic E-state index is 12.8. The highest BCUT2D eigenvalue weighted by Gasteiger charge is 2.19. The van der Waals surface area contributed by atoms with Crippen LogP contribution in [0.25, 0.3) is 0 Å². The van der Waals surface area contributed by atoms with E-state index < -0.39 is 6.10 Å². The zero-order valence-electron chi connectivity index (χ0n) is 40.4. The number of unbranched alkanes of at least 4 members (excludes halogenated alkanes) is 31. The largest absolute Gasteiger partial charge is 0.462 e. The summed E-state index contributed by atoms with van der Waals surface area (Å²) in [5, 5.41) is 0. The van der Waals surface area contributed by atoms with Crippen LogP contribution in [0.4, 0.5) is 0 Å². The van der Waals surface area contributed by atoms with Gasteiger partial charge in [-0.3, -0.25) is 14.4 Å². The second-order valence-electron chi connectivity index (χ2n) is 18.9. The molecule has 2 atom stereocenters. The molecular formula is C53H102O6. The lowest BCUT2D eigenvalue weighted by atomic mass is 9.99. The van der Waals surface area contributed by atoms with Crippen LogP contribution in [-0.4, -0.2) is 37.2 Å². The van der Waals surface area contributed by atoms with Crippen LogP contribution in [0.15, 0.2) is 0 Å². The maximum atomic E-state index is 12.8. The molecule has 0 saturated carbocycles. The van der Waals surface area contributed by atoms with Crippen molar-refractivity contribution in [3.05, 3.63) is 0 Å². The number of hydrogen-bond donors (Lipinski definition) is 0. The molecule has 0 rings (SSSR count). The molecular weight excluding hydrogens is 733 g/mol. The Balaban J connectivity index is 4.31. The van der Waals surface area contributed by atoms with E-state index >= 15 is 0 Å². The Kier molecular flexibility index (Phi) is 44.7. The first-order valence-corrected chi connectivity index (χ1v) is 26.3. The highest BCUT2D eigenvalue weighted by atomic mass is 16.6. The van der Waals surface area contributed by atoms with Crippen LogP contribution in [0, 0.1) is 11.8 Å². The normalized spacial score (nSPS) is 12.5. The van der Waals surface area contributed by atoms with Crippen molar-refractivity contribution in [2.24, 2.45) is 11.8 Å². The van der Waals surface area contributed by atoms with Gasteiger partial charge in [-0.05, 0) is 31.1 Å². The molecule has 6 nitrogen and oxygen atoms in total. The van der Waals surface area contributed by atoms with Crippen molar-refractivity contribution in [1.82, 2.24) is 0 Å². The molecule has 0 aromatic carbocycles. The lowest BCUT2D eigenvalue weighted by molar-refractivity contribution is -0.167. The molecule has 0 spiro atoms. The highest BCUT2D eigenvalue weighted by molar-refractivity contribution is 5.71. The van der Waals surface area contributed by atoms with Crippen molar-refractivity contribution in [1.29, 1.82) is 0 Å². The zero-order chi connectivity index (χ0) is 43.3. The Bertz CT molecular complexity index is 902. The molecule has 0 aliphatic carbocycles. The third kappa shape index (κ3) is 45.8. The van der Waals surface area contributed by atoms with Crippen molar-refractivity contribution in [2.75, 3.05) is 13.2 Å². The molecule has 0 aliphatic heterocycles. The van der Waals surface area contributed by atoms with E-state index in [1.807, 2.05) is 0 Å². The van der Waals surface area contributed by atoms with Crippen LogP contribution in [-0.2, 0) is 28.6 Å². The summed E-state index contributed by atoms with van der Waals surface area (Å²) in [4.78, 5) is 38.0. The number of hydrogen-bond acceptors (Lipinski definition) is 6. The van der Waals surface area contributed by atoms with Crippen molar-refractivity contribution >= 4 is 17.9 Å². The molecule has 0 radical (unpaired) electrons. The van der Waals surface area contributed by atoms with Gasteiger partial charge in [0.15, 0.2) is 6.10 Å². The fourth-order valence-electron chi connectivity index (χ4n) is 7.96. The molecule has 0 aliphatic rings. The first kappa shape index (κ1) is 57.4. The van der Waals surface area contributed by atoms with Gasteiger partial charge in [0.2, 0.25) is 0 Å². The molecule has 0 saturated heterocycles. The molecule has 0 heterocycles. The SMILES string of the molecule is CCCCCCCCCCCCCCC(=O)O[C@@H](COC(=O)CCCCCCCCCCCCCCC(C)C)COC(=O)CCCCCCCCCCCCC(C)CC. The van der Waals surface area contributed by atoms with Crippen LogP contribution >= 0.6 is 0 Å². The summed E-state index contributed by atoms with van der Waals surface area (Å²) in [7, 11) is 0. The van der Waals surface area contributed by atoms with Crippen molar-refractivity contribution in [3.8, 4) is 0 Å². The van der Waals surface area contributed by atoms with Gasteiger partial charge in [0, 0.05) is 19.3 Å². The Hall–Kier alpha value is -1.59. The third-order valence-corrected chi connectivity index (χ3v) is 12.3. The molecule has 0 N–H and O–H groups in total. The zero-order valence-corrected chi connectivity index (χ0v) is 40.4. The minimum atomic E-state index is -0.761. The molecule has 0 aromatic rings. The van der Waals surface area contributed by atoms with E-state index in [2.05, 4.69) is 34.6 Å². The highest BCUT2D eigenvalue weighted by Crippen LogP contribution is 2.18. The minimum absolute atomic E-state index is 0.0636. The Morgan fingerprint density at radius 3 is 0.966 bits per heavy atom. The average Bonchev–Trinajstić information content (AvgIpc) is 3.22. The van der Waals surface area contributed by atoms with Gasteiger partial charge in [0.05, 0.1) is 0 Å². The van der Waals surface area contributed by atoms with Crippen molar-refractivity contribution in [2.45, 2.75) is 298 Å². The molecule has 1 unspecified atom stereocenters. The summed E-state index contributed by atoms with van der Waals surface area (Å²) < 4.78 is 16.8. The molecule has 0 fully saturated rings. The summed E-state index contributed by atoms with van der Waals surface area (Å²) >= 11 is 0. The van der Waals surface area contributed by atoms with E-state index in [-0.39, 0.29) is 31.1 Å². The van der Waals surface area contributed by atoms with Crippen LogP contribution < -0.4 is 0 Å². The predicted molar refractivity (Wildman–Crippen MR) is 252 cm³/mol. The smallest absolute Gasteiger partial charge is 0.306 e. The molecule has 6 heteroatoms.